The van der Waals surface area contributed by atoms with Gasteiger partial charge in [0.05, 0.1) is 19.8 Å². The third-order valence-electron chi connectivity index (χ3n) is 2.86. The Balaban J connectivity index is 1.90. The van der Waals surface area contributed by atoms with Gasteiger partial charge in [-0.3, -0.25) is 9.69 Å². The molecule has 0 bridgehead atoms. The van der Waals surface area contributed by atoms with Gasteiger partial charge < -0.3 is 25.0 Å². The standard InChI is InChI=1S/C13H18N2O5/c16-5-3-15(4-6-17)8-13(18)14-10-1-2-11-12(7-10)20-9-19-11/h1-2,7,16-17H,3-6,8-9H2,(H,14,18). The van der Waals surface area contributed by atoms with E-state index >= 15 is 0 Å². The van der Waals surface area contributed by atoms with Crippen LogP contribution in [-0.4, -0.2) is 60.7 Å². The number of ether oxygens (including phenoxy) is 2. The molecule has 1 heterocycles. The van der Waals surface area contributed by atoms with Crippen LogP contribution < -0.4 is 14.8 Å². The van der Waals surface area contributed by atoms with Crippen molar-refractivity contribution in [3.8, 4) is 11.5 Å². The van der Waals surface area contributed by atoms with E-state index in [2.05, 4.69) is 5.32 Å². The zero-order chi connectivity index (χ0) is 14.4. The summed E-state index contributed by atoms with van der Waals surface area (Å²) in [5, 5.41) is 20.5. The lowest BCUT2D eigenvalue weighted by Gasteiger charge is -2.19. The van der Waals surface area contributed by atoms with Gasteiger partial charge in [0, 0.05) is 24.8 Å². The van der Waals surface area contributed by atoms with Crippen molar-refractivity contribution in [3.05, 3.63) is 18.2 Å². The molecular weight excluding hydrogens is 264 g/mol. The molecule has 0 spiro atoms. The van der Waals surface area contributed by atoms with Crippen LogP contribution in [-0.2, 0) is 4.79 Å². The maximum absolute atomic E-state index is 11.9. The number of nitrogens with zero attached hydrogens (tertiary/aromatic N) is 1. The fourth-order valence-electron chi connectivity index (χ4n) is 1.93. The molecule has 7 heteroatoms. The van der Waals surface area contributed by atoms with Gasteiger partial charge in [0.15, 0.2) is 11.5 Å². The summed E-state index contributed by atoms with van der Waals surface area (Å²) in [4.78, 5) is 13.6. The zero-order valence-electron chi connectivity index (χ0n) is 11.0. The maximum Gasteiger partial charge on any atom is 0.238 e. The predicted octanol–water partition coefficient (Wildman–Crippen LogP) is -0.360. The number of anilines is 1. The summed E-state index contributed by atoms with van der Waals surface area (Å²) in [6.07, 6.45) is 0. The molecule has 1 aliphatic heterocycles. The van der Waals surface area contributed by atoms with Crippen molar-refractivity contribution in [3.63, 3.8) is 0 Å². The second-order valence-corrected chi connectivity index (χ2v) is 4.34. The van der Waals surface area contributed by atoms with Gasteiger partial charge in [-0.2, -0.15) is 0 Å². The van der Waals surface area contributed by atoms with Crippen LogP contribution in [0, 0.1) is 0 Å². The predicted molar refractivity (Wildman–Crippen MR) is 71.8 cm³/mol. The Morgan fingerprint density at radius 3 is 2.60 bits per heavy atom. The number of aliphatic hydroxyl groups is 2. The Bertz CT molecular complexity index is 460. The summed E-state index contributed by atoms with van der Waals surface area (Å²) in [6, 6.07) is 5.16. The highest BCUT2D eigenvalue weighted by atomic mass is 16.7. The third kappa shape index (κ3) is 3.83. The third-order valence-corrected chi connectivity index (χ3v) is 2.86. The Labute approximate surface area is 116 Å². The molecule has 110 valence electrons. The summed E-state index contributed by atoms with van der Waals surface area (Å²) in [5.74, 6) is 1.04. The van der Waals surface area contributed by atoms with Gasteiger partial charge in [-0.25, -0.2) is 0 Å². The van der Waals surface area contributed by atoms with E-state index in [1.807, 2.05) is 0 Å². The second-order valence-electron chi connectivity index (χ2n) is 4.34. The van der Waals surface area contributed by atoms with Crippen LogP contribution in [0.1, 0.15) is 0 Å². The number of rotatable bonds is 7. The average Bonchev–Trinajstić information content (AvgIpc) is 2.86. The Morgan fingerprint density at radius 1 is 1.20 bits per heavy atom. The van der Waals surface area contributed by atoms with Crippen LogP contribution in [0.4, 0.5) is 5.69 Å². The Kier molecular flexibility index (Phi) is 5.16. The second kappa shape index (κ2) is 7.09. The number of carbonyl (C=O) groups excluding carboxylic acids is 1. The minimum Gasteiger partial charge on any atom is -0.454 e. The van der Waals surface area contributed by atoms with Crippen LogP contribution in [0.5, 0.6) is 11.5 Å². The van der Waals surface area contributed by atoms with E-state index in [4.69, 9.17) is 19.7 Å². The molecule has 1 aliphatic rings. The van der Waals surface area contributed by atoms with Gasteiger partial charge in [-0.15, -0.1) is 0 Å². The number of hydrogen-bond acceptors (Lipinski definition) is 6. The molecule has 0 radical (unpaired) electrons. The highest BCUT2D eigenvalue weighted by Crippen LogP contribution is 2.34. The molecule has 7 nitrogen and oxygen atoms in total. The highest BCUT2D eigenvalue weighted by Gasteiger charge is 2.15. The van der Waals surface area contributed by atoms with Gasteiger partial charge in [-0.1, -0.05) is 0 Å². The number of carbonyl (C=O) groups is 1. The molecule has 1 aromatic rings. The SMILES string of the molecule is O=C(CN(CCO)CCO)Nc1ccc2c(c1)OCO2. The maximum atomic E-state index is 11.9. The lowest BCUT2D eigenvalue weighted by atomic mass is 10.2. The monoisotopic (exact) mass is 282 g/mol. The molecule has 1 amide bonds. The van der Waals surface area contributed by atoms with Gasteiger partial charge in [0.1, 0.15) is 0 Å². The van der Waals surface area contributed by atoms with Crippen LogP contribution >= 0.6 is 0 Å². The molecule has 2 rings (SSSR count). The number of nitrogens with one attached hydrogen (secondary N) is 1. The minimum absolute atomic E-state index is 0.0582. The van der Waals surface area contributed by atoms with E-state index in [0.717, 1.165) is 0 Å². The molecule has 0 aromatic heterocycles. The number of benzene rings is 1. The summed E-state index contributed by atoms with van der Waals surface area (Å²) < 4.78 is 10.4. The number of hydrogen-bond donors (Lipinski definition) is 3. The van der Waals surface area contributed by atoms with E-state index in [1.54, 1.807) is 23.1 Å². The van der Waals surface area contributed by atoms with Crippen molar-refractivity contribution >= 4 is 11.6 Å². The zero-order valence-corrected chi connectivity index (χ0v) is 11.0. The lowest BCUT2D eigenvalue weighted by molar-refractivity contribution is -0.117. The first-order valence-electron chi connectivity index (χ1n) is 6.36. The summed E-state index contributed by atoms with van der Waals surface area (Å²) in [6.45, 7) is 0.863. The van der Waals surface area contributed by atoms with Crippen LogP contribution in [0.15, 0.2) is 18.2 Å². The Hall–Kier alpha value is -1.83. The van der Waals surface area contributed by atoms with Crippen molar-refractivity contribution in [1.29, 1.82) is 0 Å². The van der Waals surface area contributed by atoms with Crippen LogP contribution in [0.3, 0.4) is 0 Å². The van der Waals surface area contributed by atoms with Gasteiger partial charge in [0.2, 0.25) is 12.7 Å². The van der Waals surface area contributed by atoms with Gasteiger partial charge in [-0.05, 0) is 12.1 Å². The number of aliphatic hydroxyl groups excluding tert-OH is 2. The first-order chi connectivity index (χ1) is 9.72. The molecule has 0 unspecified atom stereocenters. The molecule has 0 aliphatic carbocycles. The number of amides is 1. The van der Waals surface area contributed by atoms with Crippen molar-refractivity contribution in [2.75, 3.05) is 45.0 Å². The average molecular weight is 282 g/mol. The topological polar surface area (TPSA) is 91.3 Å². The largest absolute Gasteiger partial charge is 0.454 e. The molecule has 0 atom stereocenters. The fraction of sp³-hybridized carbons (Fsp3) is 0.462. The first kappa shape index (κ1) is 14.6. The summed E-state index contributed by atoms with van der Waals surface area (Å²) in [7, 11) is 0. The molecule has 20 heavy (non-hydrogen) atoms. The molecule has 0 saturated heterocycles. The molecule has 1 aromatic carbocycles. The molecular formula is C13H18N2O5. The quantitative estimate of drug-likeness (QED) is 0.632. The summed E-state index contributed by atoms with van der Waals surface area (Å²) in [5.41, 5.74) is 0.618. The minimum atomic E-state index is -0.217. The van der Waals surface area contributed by atoms with Crippen molar-refractivity contribution in [2.24, 2.45) is 0 Å². The van der Waals surface area contributed by atoms with Gasteiger partial charge in [0.25, 0.3) is 0 Å². The van der Waals surface area contributed by atoms with E-state index in [1.165, 1.54) is 0 Å². The van der Waals surface area contributed by atoms with Crippen molar-refractivity contribution in [2.45, 2.75) is 0 Å². The molecule has 0 saturated carbocycles. The van der Waals surface area contributed by atoms with E-state index in [0.29, 0.717) is 30.3 Å². The van der Waals surface area contributed by atoms with Crippen LogP contribution in [0.25, 0.3) is 0 Å². The first-order valence-corrected chi connectivity index (χ1v) is 6.36. The van der Waals surface area contributed by atoms with Gasteiger partial charge >= 0.3 is 0 Å². The number of fused-ring (bicyclic) bond motifs is 1. The fourth-order valence-corrected chi connectivity index (χ4v) is 1.93. The highest BCUT2D eigenvalue weighted by molar-refractivity contribution is 5.92. The normalized spacial score (nSPS) is 12.8. The molecule has 3 N–H and O–H groups in total. The smallest absolute Gasteiger partial charge is 0.238 e. The van der Waals surface area contributed by atoms with Crippen LogP contribution in [0.2, 0.25) is 0 Å². The Morgan fingerprint density at radius 2 is 1.90 bits per heavy atom. The van der Waals surface area contributed by atoms with E-state index in [-0.39, 0.29) is 32.5 Å². The van der Waals surface area contributed by atoms with Crippen molar-refractivity contribution < 1.29 is 24.5 Å². The lowest BCUT2D eigenvalue weighted by Crippen LogP contribution is -2.37. The van der Waals surface area contributed by atoms with E-state index < -0.39 is 0 Å². The van der Waals surface area contributed by atoms with Crippen molar-refractivity contribution in [1.82, 2.24) is 4.90 Å². The molecule has 0 fully saturated rings. The summed E-state index contributed by atoms with van der Waals surface area (Å²) >= 11 is 0. The van der Waals surface area contributed by atoms with E-state index in [9.17, 15) is 4.79 Å².